The minimum Gasteiger partial charge on any atom is -0.497 e. The molecule has 18 N–H and O–H groups in total. The van der Waals surface area contributed by atoms with Crippen molar-refractivity contribution in [1.29, 1.82) is 0 Å². The van der Waals surface area contributed by atoms with Crippen LogP contribution in [0.15, 0.2) is 29.3 Å². The van der Waals surface area contributed by atoms with Gasteiger partial charge in [-0.05, 0) is 88.4 Å². The average molecular weight is 1150 g/mol. The average Bonchev–Trinajstić information content (AvgIpc) is 3.92. The van der Waals surface area contributed by atoms with Crippen molar-refractivity contribution < 1.29 is 57.8 Å². The number of likely N-dealkylation sites (tertiary alicyclic amines) is 1. The van der Waals surface area contributed by atoms with Crippen molar-refractivity contribution in [3.63, 3.8) is 0 Å². The van der Waals surface area contributed by atoms with Gasteiger partial charge >= 0.3 is 0 Å². The van der Waals surface area contributed by atoms with E-state index in [0.29, 0.717) is 37.0 Å². The first-order chi connectivity index (χ1) is 37.5. The number of hydrogen-bond acceptors (Lipinski definition) is 16. The highest BCUT2D eigenvalue weighted by Gasteiger charge is 2.43. The molecular weight excluding hydrogens is 1060 g/mol. The number of methoxy groups -OCH3 is 1. The molecule has 0 radical (unpaired) electrons. The first-order valence-electron chi connectivity index (χ1n) is 26.9. The monoisotopic (exact) mass is 1150 g/mol. The van der Waals surface area contributed by atoms with Crippen LogP contribution in [-0.4, -0.2) is 167 Å². The predicted octanol–water partition coefficient (Wildman–Crippen LogP) is -2.31. The Morgan fingerprint density at radius 3 is 2.08 bits per heavy atom. The summed E-state index contributed by atoms with van der Waals surface area (Å²) in [4.78, 5) is 144. The summed E-state index contributed by atoms with van der Waals surface area (Å²) in [5, 5.41) is 29.5. The Morgan fingerprint density at radius 1 is 0.823 bits per heavy atom. The Morgan fingerprint density at radius 2 is 1.47 bits per heavy atom. The molecule has 2 saturated heterocycles. The Labute approximate surface area is 468 Å². The second kappa shape index (κ2) is 32.0. The summed E-state index contributed by atoms with van der Waals surface area (Å²) in [5.74, 6) is -8.48. The highest BCUT2D eigenvalue weighted by molar-refractivity contribution is 8.77. The number of primary amides is 2. The molecular formula is C51H82N14O12S2. The molecule has 0 bridgehead atoms. The summed E-state index contributed by atoms with van der Waals surface area (Å²) in [5.41, 5.74) is 28.5. The number of amides is 10. The van der Waals surface area contributed by atoms with E-state index in [1.165, 1.54) is 40.5 Å². The van der Waals surface area contributed by atoms with E-state index in [1.807, 2.05) is 0 Å². The van der Waals surface area contributed by atoms with E-state index in [1.54, 1.807) is 38.1 Å². The topological polar surface area (TPSA) is 430 Å². The number of aliphatic hydroxyl groups is 1. The van der Waals surface area contributed by atoms with Crippen molar-refractivity contribution in [3.05, 3.63) is 29.8 Å². The maximum Gasteiger partial charge on any atom is 0.246 e. The maximum absolute atomic E-state index is 15.0. The van der Waals surface area contributed by atoms with Crippen LogP contribution in [0.3, 0.4) is 0 Å². The van der Waals surface area contributed by atoms with E-state index < -0.39 is 131 Å². The molecule has 10 amide bonds. The zero-order chi connectivity index (χ0) is 58.4. The van der Waals surface area contributed by atoms with Crippen LogP contribution in [0.5, 0.6) is 5.75 Å². The lowest BCUT2D eigenvalue weighted by molar-refractivity contribution is -0.142. The van der Waals surface area contributed by atoms with Gasteiger partial charge in [0.15, 0.2) is 5.96 Å². The second-order valence-corrected chi connectivity index (χ2v) is 23.3. The molecule has 440 valence electrons. The van der Waals surface area contributed by atoms with Gasteiger partial charge in [0.1, 0.15) is 54.1 Å². The fourth-order valence-electron chi connectivity index (χ4n) is 9.60. The molecule has 26 nitrogen and oxygen atoms in total. The standard InChI is InChI=1S/C51H82N14O12S2/c1-5-28(2)40-47(74)64-41(29(3)66)48(75)61-35(25-38(53)67)44(71)62-36(27-78-79-51(19-7-6-8-20-51)26-39(68)58-34(45(72)63-40)24-30-15-17-31(77-4)18-16-30)49(76)65-23-11-14-37(65)46(73)60-33(12-9-21-52)43(70)59-32(42(54)69)13-10-22-57-50(55)56/h15-18,28-29,32-37,40-41,66H,5-14,19-27,52H2,1-4H3,(H2,53,67)(H2,54,69)(H,58,68)(H,59,70)(H,60,73)(H,61,75)(H,62,71)(H,63,72)(H,64,74)(H4,55,56,57)/t28-,29-,32+,33-,34+,35+,36+,37-,40+,41-/m0/s1. The minimum absolute atomic E-state index is 0.0182. The third-order valence-corrected chi connectivity index (χ3v) is 17.6. The first-order valence-corrected chi connectivity index (χ1v) is 29.2. The fourth-order valence-corrected chi connectivity index (χ4v) is 13.0. The summed E-state index contributed by atoms with van der Waals surface area (Å²) >= 11 is 0. The number of ether oxygens (including phenoxy) is 1. The van der Waals surface area contributed by atoms with Crippen molar-refractivity contribution in [1.82, 2.24) is 42.1 Å². The second-order valence-electron chi connectivity index (χ2n) is 20.4. The molecule has 0 aromatic heterocycles. The number of nitrogens with one attached hydrogen (secondary N) is 7. The molecule has 1 aliphatic carbocycles. The molecule has 1 aromatic carbocycles. The van der Waals surface area contributed by atoms with Crippen molar-refractivity contribution in [2.45, 2.75) is 176 Å². The number of nitrogens with two attached hydrogens (primary N) is 5. The molecule has 10 atom stereocenters. The van der Waals surface area contributed by atoms with Crippen molar-refractivity contribution in [3.8, 4) is 5.75 Å². The van der Waals surface area contributed by atoms with Crippen LogP contribution < -0.4 is 70.6 Å². The lowest BCUT2D eigenvalue weighted by Gasteiger charge is -2.37. The quantitative estimate of drug-likeness (QED) is 0.0266. The number of guanidine groups is 1. The van der Waals surface area contributed by atoms with Gasteiger partial charge in [-0.2, -0.15) is 0 Å². The number of rotatable bonds is 21. The Hall–Kier alpha value is -6.39. The summed E-state index contributed by atoms with van der Waals surface area (Å²) in [6.07, 6.45) is 2.76. The zero-order valence-electron chi connectivity index (χ0n) is 45.6. The van der Waals surface area contributed by atoms with Crippen LogP contribution in [0.25, 0.3) is 0 Å². The van der Waals surface area contributed by atoms with Gasteiger partial charge in [0.2, 0.25) is 59.1 Å². The smallest absolute Gasteiger partial charge is 0.246 e. The molecule has 1 spiro atoms. The minimum atomic E-state index is -1.76. The lowest BCUT2D eigenvalue weighted by Crippen LogP contribution is -2.63. The van der Waals surface area contributed by atoms with Gasteiger partial charge in [-0.3, -0.25) is 52.9 Å². The number of carbonyl (C=O) groups is 10. The molecule has 2 heterocycles. The van der Waals surface area contributed by atoms with E-state index >= 15 is 0 Å². The Balaban J connectivity index is 1.73. The molecule has 28 heteroatoms. The van der Waals surface area contributed by atoms with Crippen LogP contribution in [-0.2, 0) is 54.4 Å². The Bertz CT molecular complexity index is 2320. The Kier molecular flexibility index (Phi) is 26.4. The SMILES string of the molecule is CC[C@H](C)[C@H]1NC(=O)[C@@H](Cc2ccc(OC)cc2)NC(=O)CC2(CCCCC2)SSC[C@H](C(=O)N2CCC[C@H]2C(=O)N[C@@H](CCCN)C(=O)N[C@H](CCCN=C(N)N)C(N)=O)NC(=O)[C@@H](CC(N)=O)NC(=O)[C@H]([C@H](C)O)NC1=O. The van der Waals surface area contributed by atoms with Crippen molar-refractivity contribution >= 4 is 86.6 Å². The number of aliphatic hydroxyl groups excluding tert-OH is 1. The van der Waals surface area contributed by atoms with E-state index in [0.717, 1.165) is 19.3 Å². The largest absolute Gasteiger partial charge is 0.497 e. The van der Waals surface area contributed by atoms with E-state index in [2.05, 4.69) is 42.2 Å². The van der Waals surface area contributed by atoms with Crippen LogP contribution in [0.4, 0.5) is 0 Å². The summed E-state index contributed by atoms with van der Waals surface area (Å²) in [6.45, 7) is 5.05. The van der Waals surface area contributed by atoms with Gasteiger partial charge in [-0.15, -0.1) is 0 Å². The number of nitrogens with zero attached hydrogens (tertiary/aromatic N) is 2. The van der Waals surface area contributed by atoms with Gasteiger partial charge in [-0.1, -0.05) is 73.3 Å². The third-order valence-electron chi connectivity index (χ3n) is 14.3. The zero-order valence-corrected chi connectivity index (χ0v) is 47.2. The van der Waals surface area contributed by atoms with Crippen molar-refractivity contribution in [2.24, 2.45) is 39.6 Å². The first kappa shape index (κ1) is 65.1. The number of hydrogen-bond donors (Lipinski definition) is 13. The molecule has 1 saturated carbocycles. The van der Waals surface area contributed by atoms with Gasteiger partial charge in [0, 0.05) is 36.4 Å². The van der Waals surface area contributed by atoms with Gasteiger partial charge in [0.25, 0.3) is 0 Å². The lowest BCUT2D eigenvalue weighted by atomic mass is 9.85. The normalized spacial score (nSPS) is 24.1. The predicted molar refractivity (Wildman–Crippen MR) is 298 cm³/mol. The molecule has 1 aromatic rings. The number of carbonyl (C=O) groups excluding carboxylic acids is 10. The van der Waals surface area contributed by atoms with E-state index in [9.17, 15) is 53.1 Å². The molecule has 79 heavy (non-hydrogen) atoms. The van der Waals surface area contributed by atoms with E-state index in [4.69, 9.17) is 33.4 Å². The van der Waals surface area contributed by atoms with Gasteiger partial charge in [0.05, 0.1) is 19.6 Å². The van der Waals surface area contributed by atoms with Crippen LogP contribution in [0, 0.1) is 5.92 Å². The third kappa shape index (κ3) is 20.3. The highest BCUT2D eigenvalue weighted by atomic mass is 33.1. The highest BCUT2D eigenvalue weighted by Crippen LogP contribution is 2.48. The molecule has 3 aliphatic rings. The van der Waals surface area contributed by atoms with E-state index in [-0.39, 0.29) is 76.3 Å². The van der Waals surface area contributed by atoms with Gasteiger partial charge in [-0.25, -0.2) is 0 Å². The summed E-state index contributed by atoms with van der Waals surface area (Å²) in [7, 11) is 4.05. The number of aliphatic imine (C=N–C) groups is 1. The van der Waals surface area contributed by atoms with Gasteiger partial charge < -0.3 is 80.6 Å². The van der Waals surface area contributed by atoms with Crippen LogP contribution in [0.2, 0.25) is 0 Å². The molecule has 0 unspecified atom stereocenters. The maximum atomic E-state index is 15.0. The molecule has 2 aliphatic heterocycles. The van der Waals surface area contributed by atoms with Crippen LogP contribution >= 0.6 is 21.6 Å². The van der Waals surface area contributed by atoms with Crippen LogP contribution in [0.1, 0.15) is 116 Å². The number of benzene rings is 1. The summed E-state index contributed by atoms with van der Waals surface area (Å²) in [6, 6.07) is -4.03. The fraction of sp³-hybridized carbons (Fsp3) is 0.667. The molecule has 4 rings (SSSR count). The summed E-state index contributed by atoms with van der Waals surface area (Å²) < 4.78 is 4.59. The molecule has 3 fully saturated rings. The van der Waals surface area contributed by atoms with Crippen molar-refractivity contribution in [2.75, 3.05) is 32.5 Å².